The lowest BCUT2D eigenvalue weighted by atomic mass is 10.1. The van der Waals surface area contributed by atoms with E-state index in [1.165, 1.54) is 6.33 Å². The summed E-state index contributed by atoms with van der Waals surface area (Å²) >= 11 is 9.45. The number of aryl methyl sites for hydroxylation is 2. The second kappa shape index (κ2) is 5.73. The first kappa shape index (κ1) is 14.0. The molecule has 1 aromatic carbocycles. The number of nitrogens with zero attached hydrogens (tertiary/aromatic N) is 2. The van der Waals surface area contributed by atoms with Crippen LogP contribution in [0.1, 0.15) is 11.1 Å². The largest absolute Gasteiger partial charge is 0.438 e. The number of benzene rings is 1. The third-order valence-electron chi connectivity index (χ3n) is 2.52. The van der Waals surface area contributed by atoms with Gasteiger partial charge in [-0.05, 0) is 53.0 Å². The Hall–Kier alpha value is -1.37. The molecule has 1 heterocycles. The lowest BCUT2D eigenvalue weighted by Gasteiger charge is -2.11. The minimum Gasteiger partial charge on any atom is -0.438 e. The van der Waals surface area contributed by atoms with E-state index in [0.717, 1.165) is 16.1 Å². The molecule has 0 aliphatic carbocycles. The number of hydrazine groups is 1. The molecule has 19 heavy (non-hydrogen) atoms. The third kappa shape index (κ3) is 2.97. The highest BCUT2D eigenvalue weighted by Gasteiger charge is 2.11. The minimum absolute atomic E-state index is 0.379. The molecular formula is C12H12BrClN4O. The molecule has 0 amide bonds. The van der Waals surface area contributed by atoms with E-state index in [1.807, 2.05) is 26.0 Å². The van der Waals surface area contributed by atoms with Gasteiger partial charge in [0.25, 0.3) is 0 Å². The Morgan fingerprint density at radius 3 is 2.47 bits per heavy atom. The Kier molecular flexibility index (Phi) is 4.24. The fourth-order valence-corrected chi connectivity index (χ4v) is 2.11. The fourth-order valence-electron chi connectivity index (χ4n) is 1.60. The van der Waals surface area contributed by atoms with Crippen molar-refractivity contribution < 1.29 is 4.74 Å². The van der Waals surface area contributed by atoms with E-state index in [1.54, 1.807) is 0 Å². The quantitative estimate of drug-likeness (QED) is 0.658. The van der Waals surface area contributed by atoms with Gasteiger partial charge in [-0.2, -0.15) is 0 Å². The summed E-state index contributed by atoms with van der Waals surface area (Å²) in [5.41, 5.74) is 4.34. The lowest BCUT2D eigenvalue weighted by Crippen LogP contribution is -2.09. The molecule has 2 aromatic rings. The molecule has 0 fully saturated rings. The van der Waals surface area contributed by atoms with Gasteiger partial charge in [-0.3, -0.25) is 0 Å². The zero-order valence-corrected chi connectivity index (χ0v) is 12.7. The highest BCUT2D eigenvalue weighted by atomic mass is 79.9. The number of rotatable bonds is 3. The van der Waals surface area contributed by atoms with Gasteiger partial charge in [0.05, 0.1) is 0 Å². The Morgan fingerprint density at radius 2 is 1.89 bits per heavy atom. The van der Waals surface area contributed by atoms with Crippen molar-refractivity contribution in [3.05, 3.63) is 39.1 Å². The topological polar surface area (TPSA) is 73.1 Å². The Labute approximate surface area is 124 Å². The standard InChI is InChI=1S/C12H12BrClN4O/c1-6-3-8(4-7(2)10(6)14)19-12-9(13)11(18-15)16-5-17-12/h3-5H,15H2,1-2H3,(H,16,17,18). The lowest BCUT2D eigenvalue weighted by molar-refractivity contribution is 0.458. The zero-order valence-electron chi connectivity index (χ0n) is 10.4. The summed E-state index contributed by atoms with van der Waals surface area (Å²) in [5.74, 6) is 6.82. The monoisotopic (exact) mass is 342 g/mol. The van der Waals surface area contributed by atoms with E-state index < -0.39 is 0 Å². The van der Waals surface area contributed by atoms with Crippen molar-refractivity contribution in [3.8, 4) is 11.6 Å². The van der Waals surface area contributed by atoms with Gasteiger partial charge < -0.3 is 10.2 Å². The molecule has 7 heteroatoms. The van der Waals surface area contributed by atoms with Crippen molar-refractivity contribution in [2.75, 3.05) is 5.43 Å². The van der Waals surface area contributed by atoms with Crippen LogP contribution in [0, 0.1) is 13.8 Å². The van der Waals surface area contributed by atoms with Crippen LogP contribution in [-0.2, 0) is 0 Å². The number of aromatic nitrogens is 2. The minimum atomic E-state index is 0.379. The van der Waals surface area contributed by atoms with Crippen LogP contribution in [0.2, 0.25) is 5.02 Å². The second-order valence-corrected chi connectivity index (χ2v) is 5.13. The molecule has 0 saturated carbocycles. The van der Waals surface area contributed by atoms with Crippen molar-refractivity contribution in [1.29, 1.82) is 0 Å². The number of hydrogen-bond acceptors (Lipinski definition) is 5. The first-order valence-electron chi connectivity index (χ1n) is 5.44. The molecule has 0 unspecified atom stereocenters. The Morgan fingerprint density at radius 1 is 1.26 bits per heavy atom. The van der Waals surface area contributed by atoms with Gasteiger partial charge >= 0.3 is 0 Å². The first-order valence-corrected chi connectivity index (χ1v) is 6.61. The number of anilines is 1. The molecule has 1 aromatic heterocycles. The normalized spacial score (nSPS) is 10.4. The van der Waals surface area contributed by atoms with Crippen LogP contribution < -0.4 is 16.0 Å². The summed E-state index contributed by atoms with van der Waals surface area (Å²) in [5, 5.41) is 0.735. The molecule has 0 radical (unpaired) electrons. The van der Waals surface area contributed by atoms with E-state index in [0.29, 0.717) is 21.9 Å². The van der Waals surface area contributed by atoms with E-state index in [9.17, 15) is 0 Å². The highest BCUT2D eigenvalue weighted by molar-refractivity contribution is 9.10. The van der Waals surface area contributed by atoms with Crippen LogP contribution in [0.4, 0.5) is 5.82 Å². The Bertz CT molecular complexity index is 598. The van der Waals surface area contributed by atoms with Gasteiger partial charge in [0, 0.05) is 5.02 Å². The van der Waals surface area contributed by atoms with E-state index in [-0.39, 0.29) is 0 Å². The molecule has 0 atom stereocenters. The SMILES string of the molecule is Cc1cc(Oc2ncnc(NN)c2Br)cc(C)c1Cl. The highest BCUT2D eigenvalue weighted by Crippen LogP contribution is 2.33. The van der Waals surface area contributed by atoms with Gasteiger partial charge in [0.15, 0.2) is 5.82 Å². The van der Waals surface area contributed by atoms with E-state index in [2.05, 4.69) is 31.3 Å². The predicted octanol–water partition coefficient (Wildman–Crippen LogP) is 3.59. The van der Waals surface area contributed by atoms with E-state index in [4.69, 9.17) is 22.2 Å². The molecule has 5 nitrogen and oxygen atoms in total. The number of nitrogen functional groups attached to an aromatic ring is 1. The Balaban J connectivity index is 2.36. The summed E-state index contributed by atoms with van der Waals surface area (Å²) in [6.45, 7) is 3.84. The molecule has 0 aliphatic heterocycles. The average molecular weight is 344 g/mol. The molecule has 0 aliphatic rings. The maximum atomic E-state index is 6.11. The van der Waals surface area contributed by atoms with Crippen LogP contribution in [0.5, 0.6) is 11.6 Å². The molecule has 0 bridgehead atoms. The summed E-state index contributed by atoms with van der Waals surface area (Å²) < 4.78 is 6.27. The second-order valence-electron chi connectivity index (χ2n) is 3.96. The molecule has 0 spiro atoms. The van der Waals surface area contributed by atoms with Crippen molar-refractivity contribution >= 4 is 33.3 Å². The first-order chi connectivity index (χ1) is 9.02. The van der Waals surface area contributed by atoms with Gasteiger partial charge in [0.2, 0.25) is 5.88 Å². The van der Waals surface area contributed by atoms with Crippen LogP contribution in [-0.4, -0.2) is 9.97 Å². The van der Waals surface area contributed by atoms with Crippen LogP contribution >= 0.6 is 27.5 Å². The zero-order chi connectivity index (χ0) is 14.0. The summed E-state index contributed by atoms with van der Waals surface area (Å²) in [6.07, 6.45) is 1.37. The van der Waals surface area contributed by atoms with Crippen molar-refractivity contribution in [3.63, 3.8) is 0 Å². The van der Waals surface area contributed by atoms with Crippen LogP contribution in [0.25, 0.3) is 0 Å². The van der Waals surface area contributed by atoms with Crippen LogP contribution in [0.3, 0.4) is 0 Å². The third-order valence-corrected chi connectivity index (χ3v) is 3.83. The molecular weight excluding hydrogens is 332 g/mol. The van der Waals surface area contributed by atoms with Gasteiger partial charge in [-0.25, -0.2) is 15.8 Å². The number of ether oxygens (including phenoxy) is 1. The maximum Gasteiger partial charge on any atom is 0.238 e. The summed E-state index contributed by atoms with van der Waals surface area (Å²) in [4.78, 5) is 8.01. The molecule has 3 N–H and O–H groups in total. The van der Waals surface area contributed by atoms with Crippen LogP contribution in [0.15, 0.2) is 22.9 Å². The van der Waals surface area contributed by atoms with Gasteiger partial charge in [0.1, 0.15) is 16.5 Å². The maximum absolute atomic E-state index is 6.11. The summed E-state index contributed by atoms with van der Waals surface area (Å²) in [6, 6.07) is 3.69. The van der Waals surface area contributed by atoms with Crippen molar-refractivity contribution in [2.45, 2.75) is 13.8 Å². The summed E-state index contributed by atoms with van der Waals surface area (Å²) in [7, 11) is 0. The molecule has 2 rings (SSSR count). The van der Waals surface area contributed by atoms with Gasteiger partial charge in [-0.1, -0.05) is 11.6 Å². The predicted molar refractivity (Wildman–Crippen MR) is 78.5 cm³/mol. The number of halogens is 2. The average Bonchev–Trinajstić information content (AvgIpc) is 2.38. The number of nitrogens with one attached hydrogen (secondary N) is 1. The molecule has 0 saturated heterocycles. The number of nitrogens with two attached hydrogens (primary N) is 1. The van der Waals surface area contributed by atoms with E-state index >= 15 is 0 Å². The molecule has 100 valence electrons. The van der Waals surface area contributed by atoms with Crippen molar-refractivity contribution in [2.24, 2.45) is 5.84 Å². The van der Waals surface area contributed by atoms with Crippen molar-refractivity contribution in [1.82, 2.24) is 9.97 Å². The smallest absolute Gasteiger partial charge is 0.238 e. The fraction of sp³-hybridized carbons (Fsp3) is 0.167. The van der Waals surface area contributed by atoms with Gasteiger partial charge in [-0.15, -0.1) is 0 Å². The number of hydrogen-bond donors (Lipinski definition) is 2.